The van der Waals surface area contributed by atoms with E-state index in [2.05, 4.69) is 36.5 Å². The van der Waals surface area contributed by atoms with E-state index in [-0.39, 0.29) is 0 Å². The molecule has 0 aromatic carbocycles. The first kappa shape index (κ1) is 21.3. The van der Waals surface area contributed by atoms with Gasteiger partial charge in [0, 0.05) is 0 Å². The van der Waals surface area contributed by atoms with Crippen LogP contribution in [0, 0.1) is 0 Å². The summed E-state index contributed by atoms with van der Waals surface area (Å²) in [4.78, 5) is 0. The number of hydrogen-bond donors (Lipinski definition) is 0. The smallest absolute Gasteiger partial charge is 0.0351 e. The first-order chi connectivity index (χ1) is 12.0. The molecule has 0 unspecified atom stereocenters. The Morgan fingerprint density at radius 3 is 0.542 bits per heavy atom. The Bertz CT molecular complexity index is 239. The van der Waals surface area contributed by atoms with Gasteiger partial charge in [-0.2, -0.15) is 0 Å². The van der Waals surface area contributed by atoms with E-state index in [1.54, 1.807) is 0 Å². The van der Waals surface area contributed by atoms with Crippen molar-refractivity contribution in [2.24, 2.45) is 0 Å². The van der Waals surface area contributed by atoms with Crippen LogP contribution in [-0.2, 0) is 0 Å². The molecule has 0 aliphatic heterocycles. The van der Waals surface area contributed by atoms with Gasteiger partial charge in [0.2, 0.25) is 0 Å². The maximum atomic E-state index is 2.42. The van der Waals surface area contributed by atoms with E-state index >= 15 is 0 Å². The van der Waals surface area contributed by atoms with Gasteiger partial charge in [0.05, 0.1) is 0 Å². The molecule has 0 heteroatoms. The lowest BCUT2D eigenvalue weighted by molar-refractivity contribution is 0.638. The van der Waals surface area contributed by atoms with Crippen LogP contribution in [0.5, 0.6) is 0 Å². The van der Waals surface area contributed by atoms with E-state index in [9.17, 15) is 0 Å². The van der Waals surface area contributed by atoms with Gasteiger partial charge in [-0.15, -0.1) is 0 Å². The fraction of sp³-hybridized carbons (Fsp3) is 0.750. The molecule has 1 rings (SSSR count). The quantitative estimate of drug-likeness (QED) is 0.390. The van der Waals surface area contributed by atoms with E-state index < -0.39 is 0 Å². The topological polar surface area (TPSA) is 0 Å². The second-order valence-corrected chi connectivity index (χ2v) is 7.39. The normalized spacial score (nSPS) is 22.0. The van der Waals surface area contributed by atoms with Crippen molar-refractivity contribution in [3.8, 4) is 0 Å². The van der Waals surface area contributed by atoms with Crippen LogP contribution in [0.3, 0.4) is 0 Å². The van der Waals surface area contributed by atoms with Crippen LogP contribution in [-0.4, -0.2) is 0 Å². The predicted octanol–water partition coefficient (Wildman–Crippen LogP) is 8.69. The van der Waals surface area contributed by atoms with Crippen molar-refractivity contribution < 1.29 is 0 Å². The summed E-state index contributed by atoms with van der Waals surface area (Å²) in [6.07, 6.45) is 39.0. The third kappa shape index (κ3) is 16.1. The van der Waals surface area contributed by atoms with Gasteiger partial charge in [0.25, 0.3) is 0 Å². The lowest BCUT2D eigenvalue weighted by Crippen LogP contribution is -1.80. The molecule has 0 nitrogen and oxygen atoms in total. The van der Waals surface area contributed by atoms with Crippen LogP contribution in [0.15, 0.2) is 36.5 Å². The molecule has 0 spiro atoms. The van der Waals surface area contributed by atoms with Crippen molar-refractivity contribution in [3.05, 3.63) is 36.5 Å². The molecule has 138 valence electrons. The van der Waals surface area contributed by atoms with E-state index in [1.807, 2.05) is 0 Å². The van der Waals surface area contributed by atoms with Gasteiger partial charge in [-0.05, 0) is 77.0 Å². The molecule has 0 N–H and O–H groups in total. The second kappa shape index (κ2) is 18.6. The molecule has 0 heterocycles. The minimum Gasteiger partial charge on any atom is -0.0885 e. The highest BCUT2D eigenvalue weighted by atomic mass is 14.0. The van der Waals surface area contributed by atoms with E-state index in [1.165, 1.54) is 116 Å². The number of hydrogen-bond acceptors (Lipinski definition) is 0. The Morgan fingerprint density at radius 1 is 0.208 bits per heavy atom. The van der Waals surface area contributed by atoms with Crippen molar-refractivity contribution in [1.29, 1.82) is 0 Å². The molecule has 0 amide bonds. The van der Waals surface area contributed by atoms with E-state index in [0.717, 1.165) is 0 Å². The Kier molecular flexibility index (Phi) is 16.4. The summed E-state index contributed by atoms with van der Waals surface area (Å²) in [6.45, 7) is 0. The summed E-state index contributed by atoms with van der Waals surface area (Å²) in [5.41, 5.74) is 0. The van der Waals surface area contributed by atoms with Gasteiger partial charge >= 0.3 is 0 Å². The van der Waals surface area contributed by atoms with Gasteiger partial charge < -0.3 is 0 Å². The molecule has 0 saturated heterocycles. The number of allylic oxidation sites excluding steroid dienone is 6. The summed E-state index contributed by atoms with van der Waals surface area (Å²) in [5, 5.41) is 0. The minimum absolute atomic E-state index is 1.29. The van der Waals surface area contributed by atoms with Crippen LogP contribution in [0.25, 0.3) is 0 Å². The first-order valence-electron chi connectivity index (χ1n) is 10.9. The highest BCUT2D eigenvalue weighted by Crippen LogP contribution is 2.11. The van der Waals surface area contributed by atoms with Crippen LogP contribution < -0.4 is 0 Å². The summed E-state index contributed by atoms with van der Waals surface area (Å²) in [7, 11) is 0. The minimum atomic E-state index is 1.29. The third-order valence-corrected chi connectivity index (χ3v) is 4.97. The molecule has 0 aromatic rings. The van der Waals surface area contributed by atoms with Crippen LogP contribution in [0.1, 0.15) is 116 Å². The molecule has 0 radical (unpaired) electrons. The molecule has 1 aliphatic rings. The molecular weight excluding hydrogens is 288 g/mol. The average Bonchev–Trinajstić information content (AvgIpc) is 2.59. The zero-order valence-electron chi connectivity index (χ0n) is 16.2. The van der Waals surface area contributed by atoms with Crippen molar-refractivity contribution in [2.75, 3.05) is 0 Å². The van der Waals surface area contributed by atoms with Crippen molar-refractivity contribution >= 4 is 0 Å². The summed E-state index contributed by atoms with van der Waals surface area (Å²) < 4.78 is 0. The maximum Gasteiger partial charge on any atom is -0.0351 e. The lowest BCUT2D eigenvalue weighted by atomic mass is 10.1. The van der Waals surface area contributed by atoms with Crippen molar-refractivity contribution in [1.82, 2.24) is 0 Å². The largest absolute Gasteiger partial charge is 0.0885 e. The van der Waals surface area contributed by atoms with Crippen LogP contribution >= 0.6 is 0 Å². The Labute approximate surface area is 152 Å². The molecule has 24 heavy (non-hydrogen) atoms. The second-order valence-electron chi connectivity index (χ2n) is 7.39. The van der Waals surface area contributed by atoms with Gasteiger partial charge in [-0.1, -0.05) is 75.0 Å². The van der Waals surface area contributed by atoms with E-state index in [0.29, 0.717) is 0 Å². The molecule has 1 aliphatic carbocycles. The first-order valence-corrected chi connectivity index (χ1v) is 10.9. The molecule has 0 fully saturated rings. The zero-order chi connectivity index (χ0) is 17.0. The Morgan fingerprint density at radius 2 is 0.375 bits per heavy atom. The standard InChI is InChI=1S/C24H42/c1-2-4-6-8-10-12-14-16-18-20-22-24-23-21-19-17-15-13-11-9-7-5-3-1/h1-2,15-18H,3-14,19-24H2. The molecule has 0 saturated carbocycles. The Balaban J connectivity index is 2.14. The highest BCUT2D eigenvalue weighted by Gasteiger charge is 1.91. The van der Waals surface area contributed by atoms with Crippen molar-refractivity contribution in [3.63, 3.8) is 0 Å². The summed E-state index contributed by atoms with van der Waals surface area (Å²) >= 11 is 0. The zero-order valence-corrected chi connectivity index (χ0v) is 16.2. The van der Waals surface area contributed by atoms with Gasteiger partial charge in [-0.25, -0.2) is 0 Å². The van der Waals surface area contributed by atoms with E-state index in [4.69, 9.17) is 0 Å². The van der Waals surface area contributed by atoms with Gasteiger partial charge in [0.1, 0.15) is 0 Å². The van der Waals surface area contributed by atoms with Gasteiger partial charge in [0.15, 0.2) is 0 Å². The average molecular weight is 331 g/mol. The summed E-state index contributed by atoms with van der Waals surface area (Å²) in [5.74, 6) is 0. The van der Waals surface area contributed by atoms with Crippen LogP contribution in [0.4, 0.5) is 0 Å². The van der Waals surface area contributed by atoms with Crippen LogP contribution in [0.2, 0.25) is 0 Å². The predicted molar refractivity (Wildman–Crippen MR) is 111 cm³/mol. The van der Waals surface area contributed by atoms with Crippen molar-refractivity contribution in [2.45, 2.75) is 116 Å². The number of rotatable bonds is 0. The third-order valence-electron chi connectivity index (χ3n) is 4.97. The SMILES string of the molecule is C1=CCCCCCCC=CCCCCCCC=CCCCCCC1. The molecule has 0 atom stereocenters. The monoisotopic (exact) mass is 330 g/mol. The Hall–Kier alpha value is -0.780. The molecule has 0 aromatic heterocycles. The molecule has 0 bridgehead atoms. The fourth-order valence-corrected chi connectivity index (χ4v) is 3.34. The summed E-state index contributed by atoms with van der Waals surface area (Å²) in [6, 6.07) is 0. The lowest BCUT2D eigenvalue weighted by Gasteiger charge is -2.00. The van der Waals surface area contributed by atoms with Gasteiger partial charge in [-0.3, -0.25) is 0 Å². The fourth-order valence-electron chi connectivity index (χ4n) is 3.34. The highest BCUT2D eigenvalue weighted by molar-refractivity contribution is 4.83. The maximum absolute atomic E-state index is 2.42. The molecular formula is C24H42.